The SMILES string of the molecule is CC(CNc1ccc(OC(F)(F)F)cc1)c1cncnc1. The Kier molecular flexibility index (Phi) is 4.62. The summed E-state index contributed by atoms with van der Waals surface area (Å²) < 4.78 is 39.9. The minimum Gasteiger partial charge on any atom is -0.406 e. The van der Waals surface area contributed by atoms with Crippen LogP contribution in [-0.2, 0) is 0 Å². The second-order valence-corrected chi connectivity index (χ2v) is 4.53. The van der Waals surface area contributed by atoms with Crippen molar-refractivity contribution in [3.8, 4) is 5.75 Å². The van der Waals surface area contributed by atoms with E-state index < -0.39 is 6.36 Å². The smallest absolute Gasteiger partial charge is 0.406 e. The first-order chi connectivity index (χ1) is 9.94. The van der Waals surface area contributed by atoms with Crippen LogP contribution in [0.4, 0.5) is 18.9 Å². The van der Waals surface area contributed by atoms with E-state index in [1.165, 1.54) is 30.6 Å². The lowest BCUT2D eigenvalue weighted by Crippen LogP contribution is -2.17. The van der Waals surface area contributed by atoms with Gasteiger partial charge in [0.1, 0.15) is 12.1 Å². The van der Waals surface area contributed by atoms with E-state index in [2.05, 4.69) is 20.0 Å². The molecule has 0 saturated carbocycles. The molecule has 7 heteroatoms. The maximum Gasteiger partial charge on any atom is 0.573 e. The summed E-state index contributed by atoms with van der Waals surface area (Å²) in [5, 5.41) is 3.14. The Morgan fingerprint density at radius 1 is 1.14 bits per heavy atom. The molecule has 21 heavy (non-hydrogen) atoms. The average molecular weight is 297 g/mol. The molecule has 1 unspecified atom stereocenters. The van der Waals surface area contributed by atoms with Gasteiger partial charge in [0.25, 0.3) is 0 Å². The van der Waals surface area contributed by atoms with E-state index >= 15 is 0 Å². The molecule has 112 valence electrons. The highest BCUT2D eigenvalue weighted by atomic mass is 19.4. The number of ether oxygens (including phenoxy) is 1. The van der Waals surface area contributed by atoms with Gasteiger partial charge < -0.3 is 10.1 Å². The molecule has 0 amide bonds. The van der Waals surface area contributed by atoms with Crippen LogP contribution in [-0.4, -0.2) is 22.9 Å². The van der Waals surface area contributed by atoms with Gasteiger partial charge in [-0.1, -0.05) is 6.92 Å². The quantitative estimate of drug-likeness (QED) is 0.916. The zero-order chi connectivity index (χ0) is 15.3. The molecule has 0 aliphatic heterocycles. The van der Waals surface area contributed by atoms with Gasteiger partial charge in [-0.15, -0.1) is 13.2 Å². The third-order valence-electron chi connectivity index (χ3n) is 2.85. The van der Waals surface area contributed by atoms with Crippen molar-refractivity contribution in [2.75, 3.05) is 11.9 Å². The fraction of sp³-hybridized carbons (Fsp3) is 0.286. The first kappa shape index (κ1) is 15.1. The molecule has 1 N–H and O–H groups in total. The van der Waals surface area contributed by atoms with Gasteiger partial charge in [0.15, 0.2) is 0 Å². The summed E-state index contributed by atoms with van der Waals surface area (Å²) in [7, 11) is 0. The minimum atomic E-state index is -4.67. The van der Waals surface area contributed by atoms with E-state index in [9.17, 15) is 13.2 Å². The number of hydrogen-bond acceptors (Lipinski definition) is 4. The second-order valence-electron chi connectivity index (χ2n) is 4.53. The molecule has 0 fully saturated rings. The van der Waals surface area contributed by atoms with E-state index in [4.69, 9.17) is 0 Å². The predicted octanol–water partition coefficient (Wildman–Crippen LogP) is 3.59. The van der Waals surface area contributed by atoms with E-state index in [0.717, 1.165) is 5.56 Å². The fourth-order valence-corrected chi connectivity index (χ4v) is 1.73. The van der Waals surface area contributed by atoms with Crippen LogP contribution in [0.3, 0.4) is 0 Å². The lowest BCUT2D eigenvalue weighted by molar-refractivity contribution is -0.274. The molecule has 0 aliphatic rings. The third-order valence-corrected chi connectivity index (χ3v) is 2.85. The Hall–Kier alpha value is -2.31. The van der Waals surface area contributed by atoms with E-state index in [-0.39, 0.29) is 11.7 Å². The van der Waals surface area contributed by atoms with Crippen LogP contribution in [0.2, 0.25) is 0 Å². The summed E-state index contributed by atoms with van der Waals surface area (Å²) >= 11 is 0. The van der Waals surface area contributed by atoms with Crippen LogP contribution < -0.4 is 10.1 Å². The van der Waals surface area contributed by atoms with Crippen LogP contribution in [0.1, 0.15) is 18.4 Å². The molecule has 1 heterocycles. The topological polar surface area (TPSA) is 47.0 Å². The predicted molar refractivity (Wildman–Crippen MR) is 72.1 cm³/mol. The lowest BCUT2D eigenvalue weighted by Gasteiger charge is -2.14. The zero-order valence-corrected chi connectivity index (χ0v) is 11.3. The van der Waals surface area contributed by atoms with Crippen molar-refractivity contribution in [3.05, 3.63) is 48.5 Å². The number of alkyl halides is 3. The highest BCUT2D eigenvalue weighted by Gasteiger charge is 2.30. The first-order valence-corrected chi connectivity index (χ1v) is 6.28. The van der Waals surface area contributed by atoms with Gasteiger partial charge in [-0.25, -0.2) is 9.97 Å². The number of nitrogens with one attached hydrogen (secondary N) is 1. The number of benzene rings is 1. The van der Waals surface area contributed by atoms with Gasteiger partial charge in [0.05, 0.1) is 0 Å². The number of aromatic nitrogens is 2. The Labute approximate surface area is 120 Å². The molecule has 0 saturated heterocycles. The maximum atomic E-state index is 12.0. The summed E-state index contributed by atoms with van der Waals surface area (Å²) in [5.74, 6) is -0.0603. The van der Waals surface area contributed by atoms with Crippen molar-refractivity contribution in [1.82, 2.24) is 9.97 Å². The van der Waals surface area contributed by atoms with Crippen LogP contribution in [0, 0.1) is 0 Å². The number of anilines is 1. The second kappa shape index (κ2) is 6.43. The van der Waals surface area contributed by atoms with Crippen LogP contribution in [0.15, 0.2) is 43.0 Å². The highest BCUT2D eigenvalue weighted by molar-refractivity contribution is 5.46. The van der Waals surface area contributed by atoms with Gasteiger partial charge in [0, 0.05) is 30.5 Å². The van der Waals surface area contributed by atoms with Gasteiger partial charge >= 0.3 is 6.36 Å². The monoisotopic (exact) mass is 297 g/mol. The Bertz CT molecular complexity index is 558. The molecule has 0 radical (unpaired) electrons. The van der Waals surface area contributed by atoms with Crippen LogP contribution in [0.5, 0.6) is 5.75 Å². The molecule has 2 aromatic rings. The molecule has 2 rings (SSSR count). The normalized spacial score (nSPS) is 12.8. The van der Waals surface area contributed by atoms with Crippen LogP contribution in [0.25, 0.3) is 0 Å². The van der Waals surface area contributed by atoms with Crippen molar-refractivity contribution in [3.63, 3.8) is 0 Å². The standard InChI is InChI=1S/C14H14F3N3O/c1-10(11-7-18-9-19-8-11)6-20-12-2-4-13(5-3-12)21-14(15,16)17/h2-5,7-10,20H,6H2,1H3. The summed E-state index contributed by atoms with van der Waals surface area (Å²) in [6.45, 7) is 2.62. The highest BCUT2D eigenvalue weighted by Crippen LogP contribution is 2.24. The van der Waals surface area contributed by atoms with Gasteiger partial charge in [0.2, 0.25) is 0 Å². The van der Waals surface area contributed by atoms with Gasteiger partial charge in [-0.2, -0.15) is 0 Å². The van der Waals surface area contributed by atoms with E-state index in [1.54, 1.807) is 12.4 Å². The number of rotatable bonds is 5. The van der Waals surface area contributed by atoms with Crippen molar-refractivity contribution in [1.29, 1.82) is 0 Å². The van der Waals surface area contributed by atoms with Gasteiger partial charge in [-0.3, -0.25) is 0 Å². The minimum absolute atomic E-state index is 0.178. The molecule has 0 aliphatic carbocycles. The molecular formula is C14H14F3N3O. The molecule has 1 aromatic heterocycles. The Morgan fingerprint density at radius 2 is 1.76 bits per heavy atom. The first-order valence-electron chi connectivity index (χ1n) is 6.28. The molecule has 0 spiro atoms. The molecule has 1 atom stereocenters. The number of nitrogens with zero attached hydrogens (tertiary/aromatic N) is 2. The van der Waals surface area contributed by atoms with Crippen molar-refractivity contribution in [2.45, 2.75) is 19.2 Å². The summed E-state index contributed by atoms with van der Waals surface area (Å²) in [4.78, 5) is 7.89. The summed E-state index contributed by atoms with van der Waals surface area (Å²) in [5.41, 5.74) is 1.70. The molecule has 0 bridgehead atoms. The maximum absolute atomic E-state index is 12.0. The fourth-order valence-electron chi connectivity index (χ4n) is 1.73. The molecule has 1 aromatic carbocycles. The number of hydrogen-bond donors (Lipinski definition) is 1. The van der Waals surface area contributed by atoms with Crippen molar-refractivity contribution in [2.24, 2.45) is 0 Å². The lowest BCUT2D eigenvalue weighted by atomic mass is 10.1. The molecular weight excluding hydrogens is 283 g/mol. The third kappa shape index (κ3) is 4.94. The molecule has 4 nitrogen and oxygen atoms in total. The summed E-state index contributed by atoms with van der Waals surface area (Å²) in [6, 6.07) is 5.61. The van der Waals surface area contributed by atoms with Crippen molar-refractivity contribution >= 4 is 5.69 Å². The zero-order valence-electron chi connectivity index (χ0n) is 11.3. The van der Waals surface area contributed by atoms with Crippen LogP contribution >= 0.6 is 0 Å². The van der Waals surface area contributed by atoms with Gasteiger partial charge in [-0.05, 0) is 29.8 Å². The van der Waals surface area contributed by atoms with Crippen molar-refractivity contribution < 1.29 is 17.9 Å². The largest absolute Gasteiger partial charge is 0.573 e. The van der Waals surface area contributed by atoms with E-state index in [0.29, 0.717) is 12.2 Å². The number of halogens is 3. The average Bonchev–Trinajstić information content (AvgIpc) is 2.45. The Balaban J connectivity index is 1.89. The summed E-state index contributed by atoms with van der Waals surface area (Å²) in [6.07, 6.45) is 0.263. The van der Waals surface area contributed by atoms with E-state index in [1.807, 2.05) is 6.92 Å². The Morgan fingerprint density at radius 3 is 2.33 bits per heavy atom.